The molecule has 1 unspecified atom stereocenters. The maximum Gasteiger partial charge on any atom is 0.242 e. The number of likely N-dealkylation sites (tertiary alicyclic amines) is 1. The van der Waals surface area contributed by atoms with Crippen molar-refractivity contribution in [1.82, 2.24) is 9.88 Å². The summed E-state index contributed by atoms with van der Waals surface area (Å²) in [6.07, 6.45) is 6.75. The molecule has 1 saturated heterocycles. The number of aryl methyl sites for hydroxylation is 1. The molecule has 0 spiro atoms. The van der Waals surface area contributed by atoms with Crippen LogP contribution in [0.1, 0.15) is 38.7 Å². The summed E-state index contributed by atoms with van der Waals surface area (Å²) in [5.41, 5.74) is 7.10. The first-order valence-corrected chi connectivity index (χ1v) is 8.87. The van der Waals surface area contributed by atoms with Crippen molar-refractivity contribution < 1.29 is 4.79 Å². The molecule has 2 atom stereocenters. The van der Waals surface area contributed by atoms with E-state index in [1.165, 1.54) is 5.56 Å². The van der Waals surface area contributed by atoms with E-state index in [4.69, 9.17) is 11.1 Å². The Morgan fingerprint density at radius 3 is 3.04 bits per heavy atom. The smallest absolute Gasteiger partial charge is 0.242 e. The number of piperidine rings is 1. The van der Waals surface area contributed by atoms with Crippen LogP contribution in [-0.4, -0.2) is 47.1 Å². The van der Waals surface area contributed by atoms with E-state index in [1.807, 2.05) is 25.3 Å². The molecule has 1 fully saturated rings. The lowest BCUT2D eigenvalue weighted by atomic mass is 9.95. The maximum absolute atomic E-state index is 12.5. The number of amides is 1. The number of carbonyl (C=O) groups excluding carboxylic acids is 1. The molecule has 1 aliphatic rings. The molecule has 4 N–H and O–H groups in total. The van der Waals surface area contributed by atoms with Gasteiger partial charge in [0.1, 0.15) is 18.0 Å². The molecular formula is C18H28N6O. The molecule has 25 heavy (non-hydrogen) atoms. The van der Waals surface area contributed by atoms with E-state index in [-0.39, 0.29) is 17.9 Å². The summed E-state index contributed by atoms with van der Waals surface area (Å²) in [5.74, 6) is 1.08. The Hall–Kier alpha value is -2.28. The molecule has 1 aromatic rings. The number of nitrogens with two attached hydrogens (primary N) is 1. The van der Waals surface area contributed by atoms with Gasteiger partial charge >= 0.3 is 0 Å². The van der Waals surface area contributed by atoms with Crippen LogP contribution in [0.4, 0.5) is 5.82 Å². The molecule has 2 rings (SSSR count). The Labute approximate surface area is 149 Å². The first-order chi connectivity index (χ1) is 12.0. The highest BCUT2D eigenvalue weighted by molar-refractivity contribution is 5.94. The third-order valence-corrected chi connectivity index (χ3v) is 4.63. The lowest BCUT2D eigenvalue weighted by Gasteiger charge is -2.35. The topological polar surface area (TPSA) is 107 Å². The van der Waals surface area contributed by atoms with Gasteiger partial charge in [0.2, 0.25) is 5.91 Å². The maximum atomic E-state index is 12.5. The predicted molar refractivity (Wildman–Crippen MR) is 101 cm³/mol. The number of aromatic nitrogens is 1. The Bertz CT molecular complexity index is 612. The highest BCUT2D eigenvalue weighted by Gasteiger charge is 2.29. The van der Waals surface area contributed by atoms with Crippen molar-refractivity contribution in [3.63, 3.8) is 0 Å². The van der Waals surface area contributed by atoms with E-state index in [0.717, 1.165) is 38.6 Å². The zero-order chi connectivity index (χ0) is 18.2. The van der Waals surface area contributed by atoms with E-state index in [1.54, 1.807) is 0 Å². The summed E-state index contributed by atoms with van der Waals surface area (Å²) in [5, 5.41) is 9.93. The molecule has 0 aromatic carbocycles. The number of aliphatic imine (C=N–C) groups is 1. The monoisotopic (exact) mass is 344 g/mol. The zero-order valence-electron chi connectivity index (χ0n) is 15.0. The van der Waals surface area contributed by atoms with Crippen LogP contribution in [0.3, 0.4) is 0 Å². The van der Waals surface area contributed by atoms with Gasteiger partial charge in [-0.05, 0) is 44.4 Å². The third kappa shape index (κ3) is 5.35. The SMILES string of the molecule is CCCc1ccc(NC(=O)[C@H](C)N2CCCC(C(N)=NC=N)C2)nc1. The number of nitrogens with zero attached hydrogens (tertiary/aromatic N) is 3. The summed E-state index contributed by atoms with van der Waals surface area (Å²) in [4.78, 5) is 22.8. The van der Waals surface area contributed by atoms with Gasteiger partial charge in [0, 0.05) is 18.7 Å². The van der Waals surface area contributed by atoms with Crippen LogP contribution < -0.4 is 11.1 Å². The highest BCUT2D eigenvalue weighted by atomic mass is 16.2. The standard InChI is InChI=1S/C18H28N6O/c1-3-5-14-7-8-16(21-10-14)23-18(25)13(2)24-9-4-6-15(11-24)17(20)22-12-19/h7-8,10,12-13,15H,3-6,9,11H2,1-2H3,(H3,19,20,22)(H,21,23,25)/t13-,15?/m0/s1. The van der Waals surface area contributed by atoms with E-state index < -0.39 is 0 Å². The fourth-order valence-electron chi connectivity index (χ4n) is 3.11. The molecule has 1 aromatic heterocycles. The second kappa shape index (κ2) is 9.27. The average Bonchev–Trinajstić information content (AvgIpc) is 2.63. The van der Waals surface area contributed by atoms with Gasteiger partial charge < -0.3 is 11.1 Å². The van der Waals surface area contributed by atoms with Gasteiger partial charge in [0.15, 0.2) is 0 Å². The van der Waals surface area contributed by atoms with Gasteiger partial charge in [0.05, 0.1) is 6.04 Å². The van der Waals surface area contributed by atoms with E-state index in [2.05, 4.69) is 27.1 Å². The molecule has 0 bridgehead atoms. The number of nitrogens with one attached hydrogen (secondary N) is 2. The molecule has 7 nitrogen and oxygen atoms in total. The van der Waals surface area contributed by atoms with E-state index in [0.29, 0.717) is 18.2 Å². The van der Waals surface area contributed by atoms with Crippen LogP contribution in [0.15, 0.2) is 23.3 Å². The minimum atomic E-state index is -0.271. The zero-order valence-corrected chi connectivity index (χ0v) is 15.0. The van der Waals surface area contributed by atoms with Gasteiger partial charge in [-0.25, -0.2) is 9.98 Å². The van der Waals surface area contributed by atoms with Crippen LogP contribution in [0.5, 0.6) is 0 Å². The quantitative estimate of drug-likeness (QED) is 0.519. The van der Waals surface area contributed by atoms with E-state index >= 15 is 0 Å². The fraction of sp³-hybridized carbons (Fsp3) is 0.556. The average molecular weight is 344 g/mol. The van der Waals surface area contributed by atoms with Gasteiger partial charge in [-0.1, -0.05) is 19.4 Å². The Balaban J connectivity index is 1.94. The van der Waals surface area contributed by atoms with Crippen LogP contribution >= 0.6 is 0 Å². The minimum Gasteiger partial charge on any atom is -0.387 e. The normalized spacial score (nSPS) is 20.1. The summed E-state index contributed by atoms with van der Waals surface area (Å²) in [6, 6.07) is 3.58. The Kier molecular flexibility index (Phi) is 7.06. The highest BCUT2D eigenvalue weighted by Crippen LogP contribution is 2.19. The molecule has 0 radical (unpaired) electrons. The Morgan fingerprint density at radius 1 is 1.60 bits per heavy atom. The first-order valence-electron chi connectivity index (χ1n) is 8.87. The second-order valence-corrected chi connectivity index (χ2v) is 6.48. The van der Waals surface area contributed by atoms with E-state index in [9.17, 15) is 4.79 Å². The third-order valence-electron chi connectivity index (χ3n) is 4.63. The van der Waals surface area contributed by atoms with Crippen molar-refractivity contribution >= 4 is 23.9 Å². The van der Waals surface area contributed by atoms with Gasteiger partial charge in [-0.2, -0.15) is 0 Å². The minimum absolute atomic E-state index is 0.0704. The van der Waals surface area contributed by atoms with Crippen molar-refractivity contribution in [2.75, 3.05) is 18.4 Å². The summed E-state index contributed by atoms with van der Waals surface area (Å²) in [7, 11) is 0. The number of pyridine rings is 1. The number of rotatable bonds is 7. The largest absolute Gasteiger partial charge is 0.387 e. The molecule has 0 aliphatic carbocycles. The second-order valence-electron chi connectivity index (χ2n) is 6.48. The number of hydrogen-bond donors (Lipinski definition) is 3. The van der Waals surface area contributed by atoms with Crippen molar-refractivity contribution in [2.24, 2.45) is 16.6 Å². The van der Waals surface area contributed by atoms with Gasteiger partial charge in [-0.15, -0.1) is 0 Å². The Morgan fingerprint density at radius 2 is 2.40 bits per heavy atom. The summed E-state index contributed by atoms with van der Waals surface area (Å²) in [6.45, 7) is 5.56. The fourth-order valence-corrected chi connectivity index (χ4v) is 3.11. The molecule has 1 aliphatic heterocycles. The van der Waals surface area contributed by atoms with Crippen LogP contribution in [0.2, 0.25) is 0 Å². The number of anilines is 1. The van der Waals surface area contributed by atoms with Crippen molar-refractivity contribution in [2.45, 2.75) is 45.6 Å². The predicted octanol–water partition coefficient (Wildman–Crippen LogP) is 2.04. The van der Waals surface area contributed by atoms with Crippen LogP contribution in [-0.2, 0) is 11.2 Å². The van der Waals surface area contributed by atoms with Gasteiger partial charge in [-0.3, -0.25) is 15.1 Å². The molecule has 2 heterocycles. The lowest BCUT2D eigenvalue weighted by Crippen LogP contribution is -2.49. The number of amidine groups is 1. The van der Waals surface area contributed by atoms with Gasteiger partial charge in [0.25, 0.3) is 0 Å². The molecule has 0 saturated carbocycles. The molecular weight excluding hydrogens is 316 g/mol. The number of hydrogen-bond acceptors (Lipinski definition) is 4. The summed E-state index contributed by atoms with van der Waals surface area (Å²) >= 11 is 0. The first kappa shape index (κ1) is 19.1. The molecule has 7 heteroatoms. The number of carbonyl (C=O) groups is 1. The van der Waals surface area contributed by atoms with Crippen molar-refractivity contribution in [1.29, 1.82) is 5.41 Å². The van der Waals surface area contributed by atoms with Crippen molar-refractivity contribution in [3.05, 3.63) is 23.9 Å². The summed E-state index contributed by atoms with van der Waals surface area (Å²) < 4.78 is 0. The lowest BCUT2D eigenvalue weighted by molar-refractivity contribution is -0.121. The molecule has 1 amide bonds. The molecule has 136 valence electrons. The van der Waals surface area contributed by atoms with Crippen molar-refractivity contribution in [3.8, 4) is 0 Å². The van der Waals surface area contributed by atoms with Crippen LogP contribution in [0, 0.1) is 11.3 Å². The van der Waals surface area contributed by atoms with Crippen LogP contribution in [0.25, 0.3) is 0 Å².